The number of rotatable bonds is 9. The summed E-state index contributed by atoms with van der Waals surface area (Å²) in [6, 6.07) is -0.434. The van der Waals surface area contributed by atoms with Crippen LogP contribution in [0.3, 0.4) is 0 Å². The van der Waals surface area contributed by atoms with Gasteiger partial charge < -0.3 is 10.2 Å². The molecule has 2 N–H and O–H groups in total. The first kappa shape index (κ1) is 13.5. The predicted molar refractivity (Wildman–Crippen MR) is 55.8 cm³/mol. The summed E-state index contributed by atoms with van der Waals surface area (Å²) in [6.45, 7) is 2.15. The molecule has 0 radical (unpaired) electrons. The Kier molecular flexibility index (Phi) is 8.78. The van der Waals surface area contributed by atoms with Crippen molar-refractivity contribution in [2.24, 2.45) is 5.18 Å². The van der Waals surface area contributed by atoms with Gasteiger partial charge in [0, 0.05) is 6.42 Å². The summed E-state index contributed by atoms with van der Waals surface area (Å²) >= 11 is 0. The third-order valence-corrected chi connectivity index (χ3v) is 2.27. The van der Waals surface area contributed by atoms with Crippen LogP contribution in [0.4, 0.5) is 0 Å². The number of aliphatic hydroxyl groups excluding tert-OH is 1. The third kappa shape index (κ3) is 8.13. The molecule has 4 heteroatoms. The van der Waals surface area contributed by atoms with Crippen molar-refractivity contribution < 1.29 is 10.2 Å². The van der Waals surface area contributed by atoms with Gasteiger partial charge in [0.05, 0.1) is 6.04 Å². The molecule has 0 bridgehead atoms. The van der Waals surface area contributed by atoms with E-state index in [2.05, 4.69) is 12.1 Å². The van der Waals surface area contributed by atoms with Gasteiger partial charge in [-0.25, -0.2) is 0 Å². The highest BCUT2D eigenvalue weighted by atomic mass is 16.5. The maximum absolute atomic E-state index is 10.3. The zero-order chi connectivity index (χ0) is 10.8. The van der Waals surface area contributed by atoms with E-state index >= 15 is 0 Å². The molecule has 0 aliphatic carbocycles. The molecule has 0 aliphatic heterocycles. The average Bonchev–Trinajstić information content (AvgIpc) is 2.15. The third-order valence-electron chi connectivity index (χ3n) is 2.27. The Morgan fingerprint density at radius 1 is 1.14 bits per heavy atom. The number of hydrogen-bond acceptors (Lipinski definition) is 4. The fraction of sp³-hybridized carbons (Fsp3) is 1.00. The molecule has 0 spiro atoms. The molecule has 0 aliphatic rings. The standard InChI is InChI=1S/C10H21NO3/c1-2-3-4-5-6-7-9(11-14)8-10(12)13/h9-10,12-13H,2-8H2,1H3. The lowest BCUT2D eigenvalue weighted by Gasteiger charge is -2.09. The first-order valence-corrected chi connectivity index (χ1v) is 5.39. The summed E-state index contributed by atoms with van der Waals surface area (Å²) in [5.41, 5.74) is 0. The topological polar surface area (TPSA) is 69.9 Å². The van der Waals surface area contributed by atoms with Crippen molar-refractivity contribution in [3.63, 3.8) is 0 Å². The van der Waals surface area contributed by atoms with Gasteiger partial charge in [-0.1, -0.05) is 44.2 Å². The molecule has 0 saturated heterocycles. The van der Waals surface area contributed by atoms with E-state index in [0.29, 0.717) is 6.42 Å². The molecule has 14 heavy (non-hydrogen) atoms. The van der Waals surface area contributed by atoms with Crippen molar-refractivity contribution >= 4 is 0 Å². The van der Waals surface area contributed by atoms with Crippen LogP contribution in [0.25, 0.3) is 0 Å². The first-order valence-electron chi connectivity index (χ1n) is 5.39. The summed E-state index contributed by atoms with van der Waals surface area (Å²) in [6.07, 6.45) is 4.98. The van der Waals surface area contributed by atoms with Crippen LogP contribution in [-0.4, -0.2) is 22.5 Å². The summed E-state index contributed by atoms with van der Waals surface area (Å²) in [5.74, 6) is 0. The molecule has 1 atom stereocenters. The van der Waals surface area contributed by atoms with Crippen LogP contribution in [0.2, 0.25) is 0 Å². The molecule has 1 unspecified atom stereocenters. The molecule has 0 heterocycles. The molecule has 0 rings (SSSR count). The highest BCUT2D eigenvalue weighted by Gasteiger charge is 2.12. The van der Waals surface area contributed by atoms with Gasteiger partial charge >= 0.3 is 0 Å². The zero-order valence-corrected chi connectivity index (χ0v) is 8.85. The van der Waals surface area contributed by atoms with E-state index in [-0.39, 0.29) is 6.42 Å². The SMILES string of the molecule is CCCCCCCC(CC(O)O)N=O. The van der Waals surface area contributed by atoms with Gasteiger partial charge in [0.15, 0.2) is 6.29 Å². The van der Waals surface area contributed by atoms with Gasteiger partial charge in [-0.2, -0.15) is 4.91 Å². The lowest BCUT2D eigenvalue weighted by molar-refractivity contribution is -0.0496. The molecule has 4 nitrogen and oxygen atoms in total. The minimum Gasteiger partial charge on any atom is -0.368 e. The number of nitrogens with zero attached hydrogens (tertiary/aromatic N) is 1. The molecule has 84 valence electrons. The molecular weight excluding hydrogens is 182 g/mol. The smallest absolute Gasteiger partial charge is 0.153 e. The lowest BCUT2D eigenvalue weighted by atomic mass is 10.0. The largest absolute Gasteiger partial charge is 0.368 e. The second-order valence-corrected chi connectivity index (χ2v) is 3.68. The highest BCUT2D eigenvalue weighted by Crippen LogP contribution is 2.12. The minimum absolute atomic E-state index is 0.0667. The maximum atomic E-state index is 10.3. The Labute approximate surface area is 85.3 Å². The Balaban J connectivity index is 3.38. The van der Waals surface area contributed by atoms with Crippen LogP contribution in [0.15, 0.2) is 5.18 Å². The summed E-state index contributed by atoms with van der Waals surface area (Å²) < 4.78 is 0. The molecule has 0 aromatic rings. The maximum Gasteiger partial charge on any atom is 0.153 e. The van der Waals surface area contributed by atoms with Gasteiger partial charge in [0.2, 0.25) is 0 Å². The van der Waals surface area contributed by atoms with E-state index < -0.39 is 12.3 Å². The van der Waals surface area contributed by atoms with E-state index in [0.717, 1.165) is 12.8 Å². The lowest BCUT2D eigenvalue weighted by Crippen LogP contribution is -2.15. The van der Waals surface area contributed by atoms with Crippen LogP contribution in [-0.2, 0) is 0 Å². The van der Waals surface area contributed by atoms with Crippen LogP contribution in [0.5, 0.6) is 0 Å². The second kappa shape index (κ2) is 9.09. The number of unbranched alkanes of at least 4 members (excludes halogenated alkanes) is 4. The molecule has 0 fully saturated rings. The van der Waals surface area contributed by atoms with E-state index in [1.807, 2.05) is 0 Å². The van der Waals surface area contributed by atoms with Crippen molar-refractivity contribution in [3.05, 3.63) is 4.91 Å². The first-order chi connectivity index (χ1) is 6.70. The summed E-state index contributed by atoms with van der Waals surface area (Å²) in [4.78, 5) is 10.3. The van der Waals surface area contributed by atoms with Gasteiger partial charge in [0.25, 0.3) is 0 Å². The van der Waals surface area contributed by atoms with Crippen LogP contribution in [0, 0.1) is 4.91 Å². The number of aliphatic hydroxyl groups is 2. The zero-order valence-electron chi connectivity index (χ0n) is 8.85. The Bertz CT molecular complexity index is 139. The van der Waals surface area contributed by atoms with Crippen LogP contribution < -0.4 is 0 Å². The minimum atomic E-state index is -1.41. The van der Waals surface area contributed by atoms with E-state index in [1.165, 1.54) is 19.3 Å². The van der Waals surface area contributed by atoms with Gasteiger partial charge in [-0.3, -0.25) is 0 Å². The average molecular weight is 203 g/mol. The molecule has 0 aromatic heterocycles. The molecular formula is C10H21NO3. The molecule has 0 aromatic carbocycles. The number of nitroso groups, excluding NO2 is 1. The Morgan fingerprint density at radius 3 is 2.29 bits per heavy atom. The fourth-order valence-corrected chi connectivity index (χ4v) is 1.44. The van der Waals surface area contributed by atoms with E-state index in [9.17, 15) is 4.91 Å². The number of hydrogen-bond donors (Lipinski definition) is 2. The van der Waals surface area contributed by atoms with Crippen LogP contribution >= 0.6 is 0 Å². The Morgan fingerprint density at radius 2 is 1.79 bits per heavy atom. The summed E-state index contributed by atoms with van der Waals surface area (Å²) in [5, 5.41) is 20.2. The Hall–Kier alpha value is -0.480. The van der Waals surface area contributed by atoms with Crippen molar-refractivity contribution in [2.45, 2.75) is 64.2 Å². The van der Waals surface area contributed by atoms with Crippen molar-refractivity contribution in [1.29, 1.82) is 0 Å². The summed E-state index contributed by atoms with van der Waals surface area (Å²) in [7, 11) is 0. The van der Waals surface area contributed by atoms with Gasteiger partial charge in [-0.05, 0) is 6.42 Å². The van der Waals surface area contributed by atoms with Crippen molar-refractivity contribution in [1.82, 2.24) is 0 Å². The normalized spacial score (nSPS) is 13.1. The van der Waals surface area contributed by atoms with Gasteiger partial charge in [-0.15, -0.1) is 0 Å². The predicted octanol–water partition coefficient (Wildman–Crippen LogP) is 2.18. The van der Waals surface area contributed by atoms with E-state index in [4.69, 9.17) is 10.2 Å². The quantitative estimate of drug-likeness (QED) is 0.343. The second-order valence-electron chi connectivity index (χ2n) is 3.68. The molecule has 0 saturated carbocycles. The van der Waals surface area contributed by atoms with Crippen molar-refractivity contribution in [3.8, 4) is 0 Å². The van der Waals surface area contributed by atoms with Gasteiger partial charge in [0.1, 0.15) is 0 Å². The van der Waals surface area contributed by atoms with Crippen molar-refractivity contribution in [2.75, 3.05) is 0 Å². The molecule has 0 amide bonds. The van der Waals surface area contributed by atoms with Crippen LogP contribution in [0.1, 0.15) is 51.9 Å². The monoisotopic (exact) mass is 203 g/mol. The highest BCUT2D eigenvalue weighted by molar-refractivity contribution is 4.66. The van der Waals surface area contributed by atoms with E-state index in [1.54, 1.807) is 0 Å². The fourth-order valence-electron chi connectivity index (χ4n) is 1.44.